The predicted octanol–water partition coefficient (Wildman–Crippen LogP) is 2.79. The molecule has 0 fully saturated rings. The third kappa shape index (κ3) is 6.12. The molecule has 0 heterocycles. The summed E-state index contributed by atoms with van der Waals surface area (Å²) >= 11 is 0. The van der Waals surface area contributed by atoms with Gasteiger partial charge in [0.1, 0.15) is 0 Å². The lowest BCUT2D eigenvalue weighted by atomic mass is 10.2. The highest BCUT2D eigenvalue weighted by Gasteiger charge is 1.99. The Morgan fingerprint density at radius 1 is 1.08 bits per heavy atom. The first-order valence-electron chi connectivity index (χ1n) is 4.49. The van der Waals surface area contributed by atoms with Gasteiger partial charge in [-0.15, -0.1) is 13.2 Å². The molecule has 1 nitrogen and oxygen atoms in total. The first kappa shape index (κ1) is 11.9. The van der Waals surface area contributed by atoms with Crippen LogP contribution >= 0.6 is 0 Å². The third-order valence-electron chi connectivity index (χ3n) is 1.81. The van der Waals surface area contributed by atoms with Crippen LogP contribution in [0.1, 0.15) is 6.42 Å². The molecule has 0 atom stereocenters. The van der Waals surface area contributed by atoms with Crippen LogP contribution in [0.5, 0.6) is 0 Å². The van der Waals surface area contributed by atoms with Crippen LogP contribution < -0.4 is 0 Å². The molecule has 0 saturated carbocycles. The smallest absolute Gasteiger partial charge is 0.0164 e. The van der Waals surface area contributed by atoms with Gasteiger partial charge in [-0.25, -0.2) is 0 Å². The van der Waals surface area contributed by atoms with E-state index in [1.54, 1.807) is 6.08 Å². The minimum Gasteiger partial charge on any atom is -0.296 e. The molecule has 1 heteroatoms. The Morgan fingerprint density at radius 2 is 1.62 bits per heavy atom. The van der Waals surface area contributed by atoms with Gasteiger partial charge in [0.2, 0.25) is 0 Å². The minimum atomic E-state index is 0.899. The van der Waals surface area contributed by atoms with Gasteiger partial charge in [-0.3, -0.25) is 4.90 Å². The number of nitrogens with zero attached hydrogens (tertiary/aromatic N) is 1. The summed E-state index contributed by atoms with van der Waals surface area (Å²) in [6, 6.07) is 0. The molecule has 0 aromatic carbocycles. The molecule has 0 spiro atoms. The Balaban J connectivity index is 3.79. The summed E-state index contributed by atoms with van der Waals surface area (Å²) in [5.74, 6) is 0. The maximum Gasteiger partial charge on any atom is 0.0164 e. The molecule has 0 aliphatic rings. The molecule has 0 saturated heterocycles. The van der Waals surface area contributed by atoms with Crippen molar-refractivity contribution >= 4 is 0 Å². The molecule has 0 amide bonds. The van der Waals surface area contributed by atoms with Crippen molar-refractivity contribution in [2.24, 2.45) is 0 Å². The summed E-state index contributed by atoms with van der Waals surface area (Å²) in [4.78, 5) is 2.26. The van der Waals surface area contributed by atoms with Crippen LogP contribution in [0.25, 0.3) is 0 Å². The van der Waals surface area contributed by atoms with E-state index in [4.69, 9.17) is 0 Å². The molecule has 0 aliphatic carbocycles. The molecule has 0 aromatic heterocycles. The topological polar surface area (TPSA) is 3.24 Å². The lowest BCUT2D eigenvalue weighted by Gasteiger charge is -2.18. The Morgan fingerprint density at radius 3 is 2.00 bits per heavy atom. The molecule has 13 heavy (non-hydrogen) atoms. The van der Waals surface area contributed by atoms with Crippen molar-refractivity contribution in [2.75, 3.05) is 19.6 Å². The van der Waals surface area contributed by atoms with E-state index in [0.29, 0.717) is 0 Å². The van der Waals surface area contributed by atoms with Gasteiger partial charge in [-0.1, -0.05) is 37.0 Å². The molecule has 0 aromatic rings. The maximum atomic E-state index is 3.87. The summed E-state index contributed by atoms with van der Waals surface area (Å²) in [5, 5.41) is 0. The third-order valence-corrected chi connectivity index (χ3v) is 1.81. The van der Waals surface area contributed by atoms with Crippen molar-refractivity contribution in [3.63, 3.8) is 0 Å². The van der Waals surface area contributed by atoms with Crippen LogP contribution in [0, 0.1) is 0 Å². The molecule has 72 valence electrons. The highest BCUT2D eigenvalue weighted by atomic mass is 15.1. The van der Waals surface area contributed by atoms with Gasteiger partial charge in [-0.05, 0) is 6.42 Å². The molecule has 0 N–H and O–H groups in total. The first-order valence-corrected chi connectivity index (χ1v) is 4.49. The van der Waals surface area contributed by atoms with E-state index in [0.717, 1.165) is 31.6 Å². The number of rotatable bonds is 8. The minimum absolute atomic E-state index is 0.899. The van der Waals surface area contributed by atoms with Gasteiger partial charge in [0.05, 0.1) is 0 Å². The molecule has 0 unspecified atom stereocenters. The number of allylic oxidation sites excluding steroid dienone is 1. The van der Waals surface area contributed by atoms with Gasteiger partial charge in [0, 0.05) is 19.6 Å². The van der Waals surface area contributed by atoms with E-state index < -0.39 is 0 Å². The normalized spacial score (nSPS) is 9.62. The van der Waals surface area contributed by atoms with Gasteiger partial charge in [0.25, 0.3) is 0 Å². The predicted molar refractivity (Wildman–Crippen MR) is 60.8 cm³/mol. The molecular formula is C12H19N. The zero-order chi connectivity index (χ0) is 10.1. The van der Waals surface area contributed by atoms with Gasteiger partial charge >= 0.3 is 0 Å². The Labute approximate surface area is 81.8 Å². The summed E-state index contributed by atoms with van der Waals surface area (Å²) in [6.45, 7) is 17.8. The quantitative estimate of drug-likeness (QED) is 0.407. The van der Waals surface area contributed by atoms with E-state index in [1.165, 1.54) is 0 Å². The summed E-state index contributed by atoms with van der Waals surface area (Å²) in [5.41, 5.74) is 1.08. The van der Waals surface area contributed by atoms with Crippen LogP contribution in [-0.4, -0.2) is 24.5 Å². The average molecular weight is 177 g/mol. The van der Waals surface area contributed by atoms with E-state index in [1.807, 2.05) is 12.2 Å². The summed E-state index contributed by atoms with van der Waals surface area (Å²) in [7, 11) is 0. The molecule has 0 bridgehead atoms. The highest BCUT2D eigenvalue weighted by Crippen LogP contribution is 2.01. The summed E-state index contributed by atoms with van der Waals surface area (Å²) in [6.07, 6.45) is 6.57. The van der Waals surface area contributed by atoms with E-state index in [2.05, 4.69) is 31.2 Å². The SMILES string of the molecule is C=CCN(CC=C)CCC(=C)C=C. The van der Waals surface area contributed by atoms with Crippen molar-refractivity contribution in [1.82, 2.24) is 4.90 Å². The van der Waals surface area contributed by atoms with Crippen molar-refractivity contribution in [2.45, 2.75) is 6.42 Å². The van der Waals surface area contributed by atoms with Crippen molar-refractivity contribution < 1.29 is 0 Å². The van der Waals surface area contributed by atoms with Crippen molar-refractivity contribution in [3.8, 4) is 0 Å². The molecule has 0 radical (unpaired) electrons. The first-order chi connectivity index (χ1) is 6.24. The van der Waals surface area contributed by atoms with Crippen LogP contribution in [0.15, 0.2) is 50.1 Å². The Hall–Kier alpha value is -1.08. The second kappa shape index (κ2) is 7.56. The molecular weight excluding hydrogens is 158 g/mol. The highest BCUT2D eigenvalue weighted by molar-refractivity contribution is 5.10. The van der Waals surface area contributed by atoms with Gasteiger partial charge in [-0.2, -0.15) is 0 Å². The van der Waals surface area contributed by atoms with E-state index in [-0.39, 0.29) is 0 Å². The van der Waals surface area contributed by atoms with Crippen LogP contribution in [0.2, 0.25) is 0 Å². The fourth-order valence-corrected chi connectivity index (χ4v) is 1.03. The fraction of sp³-hybridized carbons (Fsp3) is 0.333. The second-order valence-corrected chi connectivity index (χ2v) is 2.95. The number of hydrogen-bond donors (Lipinski definition) is 0. The lowest BCUT2D eigenvalue weighted by molar-refractivity contribution is 0.340. The van der Waals surface area contributed by atoms with Gasteiger partial charge in [0.15, 0.2) is 0 Å². The van der Waals surface area contributed by atoms with Gasteiger partial charge < -0.3 is 0 Å². The zero-order valence-corrected chi connectivity index (χ0v) is 8.34. The molecule has 0 rings (SSSR count). The zero-order valence-electron chi connectivity index (χ0n) is 8.34. The van der Waals surface area contributed by atoms with Crippen LogP contribution in [-0.2, 0) is 0 Å². The monoisotopic (exact) mass is 177 g/mol. The number of hydrogen-bond acceptors (Lipinski definition) is 1. The largest absolute Gasteiger partial charge is 0.296 e. The molecule has 0 aliphatic heterocycles. The van der Waals surface area contributed by atoms with E-state index in [9.17, 15) is 0 Å². The second-order valence-electron chi connectivity index (χ2n) is 2.95. The average Bonchev–Trinajstić information content (AvgIpc) is 2.14. The van der Waals surface area contributed by atoms with Crippen molar-refractivity contribution in [3.05, 3.63) is 50.1 Å². The fourth-order valence-electron chi connectivity index (χ4n) is 1.03. The Bertz CT molecular complexity index is 181. The van der Waals surface area contributed by atoms with Crippen LogP contribution in [0.4, 0.5) is 0 Å². The Kier molecular flexibility index (Phi) is 6.93. The van der Waals surface area contributed by atoms with E-state index >= 15 is 0 Å². The van der Waals surface area contributed by atoms with Crippen molar-refractivity contribution in [1.29, 1.82) is 0 Å². The maximum absolute atomic E-state index is 3.87. The summed E-state index contributed by atoms with van der Waals surface area (Å²) < 4.78 is 0. The lowest BCUT2D eigenvalue weighted by Crippen LogP contribution is -2.25. The standard InChI is InChI=1S/C12H19N/c1-5-9-13(10-6-2)11-8-12(4)7-3/h5-7H,1-4,8-11H2. The van der Waals surface area contributed by atoms with Crippen LogP contribution in [0.3, 0.4) is 0 Å².